The van der Waals surface area contributed by atoms with Crippen LogP contribution in [0.5, 0.6) is 11.6 Å². The third kappa shape index (κ3) is 3.28. The summed E-state index contributed by atoms with van der Waals surface area (Å²) in [7, 11) is 0. The molecular formula is C15H13N3O3. The van der Waals surface area contributed by atoms with Crippen LogP contribution in [-0.2, 0) is 4.74 Å². The second-order valence-corrected chi connectivity index (χ2v) is 4.05. The topological polar surface area (TPSA) is 98.2 Å². The SMILES string of the molecule is CCOC(=O)c1cc(N)cnc1Oc1ccccc1C#N. The molecule has 2 rings (SSSR count). The van der Waals surface area contributed by atoms with Gasteiger partial charge in [0.25, 0.3) is 0 Å². The maximum absolute atomic E-state index is 11.9. The quantitative estimate of drug-likeness (QED) is 0.865. The van der Waals surface area contributed by atoms with Crippen LogP contribution in [0.25, 0.3) is 0 Å². The van der Waals surface area contributed by atoms with Crippen molar-refractivity contribution in [2.24, 2.45) is 0 Å². The van der Waals surface area contributed by atoms with Crippen molar-refractivity contribution >= 4 is 11.7 Å². The lowest BCUT2D eigenvalue weighted by molar-refractivity contribution is 0.0523. The van der Waals surface area contributed by atoms with Crippen molar-refractivity contribution in [3.63, 3.8) is 0 Å². The molecule has 0 aliphatic rings. The molecule has 1 heterocycles. The first-order valence-corrected chi connectivity index (χ1v) is 6.25. The number of nitrogen functional groups attached to an aromatic ring is 1. The van der Waals surface area contributed by atoms with E-state index in [2.05, 4.69) is 4.98 Å². The van der Waals surface area contributed by atoms with Gasteiger partial charge in [-0.25, -0.2) is 9.78 Å². The van der Waals surface area contributed by atoms with Crippen molar-refractivity contribution in [3.8, 4) is 17.7 Å². The molecule has 0 atom stereocenters. The summed E-state index contributed by atoms with van der Waals surface area (Å²) in [5.74, 6) is -0.227. The Balaban J connectivity index is 2.40. The summed E-state index contributed by atoms with van der Waals surface area (Å²) in [6.07, 6.45) is 1.37. The average Bonchev–Trinajstić information content (AvgIpc) is 2.49. The number of hydrogen-bond acceptors (Lipinski definition) is 6. The lowest BCUT2D eigenvalue weighted by Gasteiger charge is -2.10. The van der Waals surface area contributed by atoms with Crippen LogP contribution in [0.15, 0.2) is 36.5 Å². The second-order valence-electron chi connectivity index (χ2n) is 4.05. The Morgan fingerprint density at radius 1 is 1.43 bits per heavy atom. The van der Waals surface area contributed by atoms with E-state index in [1.165, 1.54) is 12.3 Å². The molecule has 6 heteroatoms. The Morgan fingerprint density at radius 3 is 2.90 bits per heavy atom. The number of carbonyl (C=O) groups excluding carboxylic acids is 1. The maximum Gasteiger partial charge on any atom is 0.343 e. The summed E-state index contributed by atoms with van der Waals surface area (Å²) in [5, 5.41) is 9.04. The first kappa shape index (κ1) is 14.3. The number of hydrogen-bond donors (Lipinski definition) is 1. The lowest BCUT2D eigenvalue weighted by atomic mass is 10.2. The van der Waals surface area contributed by atoms with Gasteiger partial charge in [0.1, 0.15) is 17.4 Å². The van der Waals surface area contributed by atoms with Crippen molar-refractivity contribution in [1.82, 2.24) is 4.98 Å². The van der Waals surface area contributed by atoms with Crippen LogP contribution in [0.4, 0.5) is 5.69 Å². The van der Waals surface area contributed by atoms with Gasteiger partial charge in [-0.3, -0.25) is 0 Å². The molecule has 106 valence electrons. The summed E-state index contributed by atoms with van der Waals surface area (Å²) >= 11 is 0. The van der Waals surface area contributed by atoms with Crippen LogP contribution in [-0.4, -0.2) is 17.6 Å². The highest BCUT2D eigenvalue weighted by Crippen LogP contribution is 2.27. The van der Waals surface area contributed by atoms with Gasteiger partial charge in [0.05, 0.1) is 24.1 Å². The van der Waals surface area contributed by atoms with Crippen LogP contribution in [0, 0.1) is 11.3 Å². The average molecular weight is 283 g/mol. The molecule has 0 saturated carbocycles. The minimum absolute atomic E-state index is 0.0466. The predicted molar refractivity (Wildman–Crippen MR) is 75.8 cm³/mol. The van der Waals surface area contributed by atoms with Gasteiger partial charge in [-0.1, -0.05) is 12.1 Å². The zero-order valence-corrected chi connectivity index (χ0v) is 11.4. The predicted octanol–water partition coefficient (Wildman–Crippen LogP) is 2.50. The summed E-state index contributed by atoms with van der Waals surface area (Å²) in [6.45, 7) is 1.92. The highest BCUT2D eigenvalue weighted by atomic mass is 16.5. The van der Waals surface area contributed by atoms with E-state index in [1.54, 1.807) is 31.2 Å². The fourth-order valence-electron chi connectivity index (χ4n) is 1.66. The van der Waals surface area contributed by atoms with Gasteiger partial charge in [-0.05, 0) is 25.1 Å². The Bertz CT molecular complexity index is 708. The van der Waals surface area contributed by atoms with E-state index >= 15 is 0 Å². The van der Waals surface area contributed by atoms with Gasteiger partial charge in [-0.15, -0.1) is 0 Å². The van der Waals surface area contributed by atoms with E-state index in [9.17, 15) is 4.79 Å². The molecule has 0 aliphatic heterocycles. The van der Waals surface area contributed by atoms with Crippen LogP contribution in [0.3, 0.4) is 0 Å². The molecule has 1 aromatic carbocycles. The smallest absolute Gasteiger partial charge is 0.343 e. The maximum atomic E-state index is 11.9. The molecule has 2 N–H and O–H groups in total. The Kier molecular flexibility index (Phi) is 4.36. The Hall–Kier alpha value is -3.07. The van der Waals surface area contributed by atoms with Crippen LogP contribution in [0.2, 0.25) is 0 Å². The standard InChI is InChI=1S/C15H13N3O3/c1-2-20-15(19)12-7-11(17)9-18-14(12)21-13-6-4-3-5-10(13)8-16/h3-7,9H,2,17H2,1H3. The fourth-order valence-corrected chi connectivity index (χ4v) is 1.66. The number of benzene rings is 1. The van der Waals surface area contributed by atoms with Gasteiger partial charge in [-0.2, -0.15) is 5.26 Å². The van der Waals surface area contributed by atoms with Crippen LogP contribution in [0.1, 0.15) is 22.8 Å². The molecule has 0 unspecified atom stereocenters. The molecule has 0 saturated heterocycles. The second kappa shape index (κ2) is 6.39. The van der Waals surface area contributed by atoms with Crippen molar-refractivity contribution < 1.29 is 14.3 Å². The van der Waals surface area contributed by atoms with Gasteiger partial charge in [0.15, 0.2) is 0 Å². The zero-order chi connectivity index (χ0) is 15.2. The lowest BCUT2D eigenvalue weighted by Crippen LogP contribution is -2.08. The number of anilines is 1. The van der Waals surface area contributed by atoms with Gasteiger partial charge < -0.3 is 15.2 Å². The summed E-state index contributed by atoms with van der Waals surface area (Å²) in [4.78, 5) is 15.9. The molecular weight excluding hydrogens is 270 g/mol. The molecule has 2 aromatic rings. The highest BCUT2D eigenvalue weighted by Gasteiger charge is 2.17. The number of carbonyl (C=O) groups is 1. The van der Waals surface area contributed by atoms with Crippen molar-refractivity contribution in [1.29, 1.82) is 5.26 Å². The summed E-state index contributed by atoms with van der Waals surface area (Å²) in [5.41, 5.74) is 6.41. The third-order valence-corrected chi connectivity index (χ3v) is 2.58. The molecule has 0 radical (unpaired) electrons. The molecule has 0 bridgehead atoms. The number of para-hydroxylation sites is 1. The number of ether oxygens (including phenoxy) is 2. The minimum atomic E-state index is -0.582. The Morgan fingerprint density at radius 2 is 2.19 bits per heavy atom. The first-order valence-electron chi connectivity index (χ1n) is 6.25. The third-order valence-electron chi connectivity index (χ3n) is 2.58. The van der Waals surface area contributed by atoms with Crippen molar-refractivity contribution in [2.75, 3.05) is 12.3 Å². The molecule has 21 heavy (non-hydrogen) atoms. The normalized spacial score (nSPS) is 9.71. The van der Waals surface area contributed by atoms with E-state index in [0.717, 1.165) is 0 Å². The molecule has 0 aliphatic carbocycles. The molecule has 0 spiro atoms. The first-order chi connectivity index (χ1) is 10.2. The van der Waals surface area contributed by atoms with E-state index in [1.807, 2.05) is 6.07 Å². The number of esters is 1. The highest BCUT2D eigenvalue weighted by molar-refractivity contribution is 5.92. The van der Waals surface area contributed by atoms with Gasteiger partial charge >= 0.3 is 5.97 Å². The van der Waals surface area contributed by atoms with E-state index in [0.29, 0.717) is 17.0 Å². The van der Waals surface area contributed by atoms with Crippen molar-refractivity contribution in [3.05, 3.63) is 47.7 Å². The minimum Gasteiger partial charge on any atom is -0.462 e. The van der Waals surface area contributed by atoms with E-state index in [4.69, 9.17) is 20.5 Å². The van der Waals surface area contributed by atoms with Crippen LogP contribution >= 0.6 is 0 Å². The van der Waals surface area contributed by atoms with E-state index in [-0.39, 0.29) is 18.1 Å². The Labute approximate surface area is 121 Å². The molecule has 0 amide bonds. The zero-order valence-electron chi connectivity index (χ0n) is 11.4. The number of nitriles is 1. The van der Waals surface area contributed by atoms with Crippen LogP contribution < -0.4 is 10.5 Å². The molecule has 6 nitrogen and oxygen atoms in total. The summed E-state index contributed by atoms with van der Waals surface area (Å²) < 4.78 is 10.5. The monoisotopic (exact) mass is 283 g/mol. The van der Waals surface area contributed by atoms with E-state index < -0.39 is 5.97 Å². The fraction of sp³-hybridized carbons (Fsp3) is 0.133. The van der Waals surface area contributed by atoms with Crippen molar-refractivity contribution in [2.45, 2.75) is 6.92 Å². The number of rotatable bonds is 4. The number of pyridine rings is 1. The number of nitrogens with zero attached hydrogens (tertiary/aromatic N) is 2. The molecule has 1 aromatic heterocycles. The molecule has 0 fully saturated rings. The van der Waals surface area contributed by atoms with Gasteiger partial charge in [0.2, 0.25) is 5.88 Å². The number of aromatic nitrogens is 1. The number of nitrogens with two attached hydrogens (primary N) is 1. The largest absolute Gasteiger partial charge is 0.462 e. The summed E-state index contributed by atoms with van der Waals surface area (Å²) in [6, 6.07) is 10.1. The van der Waals surface area contributed by atoms with Gasteiger partial charge in [0, 0.05) is 0 Å².